The molecule has 1 aromatic rings. The van der Waals surface area contributed by atoms with Gasteiger partial charge in [0.25, 0.3) is 0 Å². The Morgan fingerprint density at radius 2 is 2.31 bits per heavy atom. The molecule has 1 unspecified atom stereocenters. The molecule has 2 rings (SSSR count). The standard InChI is InChI=1S/C13H19NO2/c15-12-5-3-6-13(10-12)16-9-7-11-4-1-2-8-14-11/h3,5-6,10-11,14-15H,1-2,4,7-9H2. The maximum absolute atomic E-state index is 9.27. The molecule has 0 saturated carbocycles. The van der Waals surface area contributed by atoms with Gasteiger partial charge in [0.15, 0.2) is 0 Å². The number of phenols is 1. The second-order valence-corrected chi connectivity index (χ2v) is 4.28. The van der Waals surface area contributed by atoms with Crippen molar-refractivity contribution in [1.29, 1.82) is 0 Å². The molecule has 0 aromatic heterocycles. The topological polar surface area (TPSA) is 41.5 Å². The number of hydrogen-bond acceptors (Lipinski definition) is 3. The fourth-order valence-electron chi connectivity index (χ4n) is 2.06. The normalized spacial score (nSPS) is 20.6. The molecule has 3 nitrogen and oxygen atoms in total. The zero-order valence-electron chi connectivity index (χ0n) is 9.48. The first-order chi connectivity index (χ1) is 7.84. The van der Waals surface area contributed by atoms with E-state index in [0.29, 0.717) is 12.6 Å². The molecule has 1 aliphatic heterocycles. The summed E-state index contributed by atoms with van der Waals surface area (Å²) in [6, 6.07) is 7.56. The Morgan fingerprint density at radius 3 is 3.06 bits per heavy atom. The molecule has 1 aromatic carbocycles. The van der Waals surface area contributed by atoms with Crippen LogP contribution in [0.25, 0.3) is 0 Å². The van der Waals surface area contributed by atoms with Gasteiger partial charge in [-0.1, -0.05) is 12.5 Å². The first kappa shape index (κ1) is 11.3. The van der Waals surface area contributed by atoms with Crippen LogP contribution in [0.1, 0.15) is 25.7 Å². The maximum atomic E-state index is 9.27. The Hall–Kier alpha value is -1.22. The monoisotopic (exact) mass is 221 g/mol. The van der Waals surface area contributed by atoms with Gasteiger partial charge in [-0.05, 0) is 37.9 Å². The summed E-state index contributed by atoms with van der Waals surface area (Å²) in [6.07, 6.45) is 4.91. The van der Waals surface area contributed by atoms with Crippen LogP contribution in [0.15, 0.2) is 24.3 Å². The van der Waals surface area contributed by atoms with Crippen molar-refractivity contribution in [3.05, 3.63) is 24.3 Å². The van der Waals surface area contributed by atoms with Crippen LogP contribution in [0.3, 0.4) is 0 Å². The number of nitrogens with one attached hydrogen (secondary N) is 1. The molecule has 1 heterocycles. The lowest BCUT2D eigenvalue weighted by Crippen LogP contribution is -2.35. The number of ether oxygens (including phenoxy) is 1. The molecule has 0 bridgehead atoms. The molecule has 1 saturated heterocycles. The van der Waals surface area contributed by atoms with Gasteiger partial charge in [0.05, 0.1) is 6.61 Å². The van der Waals surface area contributed by atoms with Crippen molar-refractivity contribution < 1.29 is 9.84 Å². The second kappa shape index (κ2) is 5.75. The molecule has 0 radical (unpaired) electrons. The zero-order valence-corrected chi connectivity index (χ0v) is 9.48. The van der Waals surface area contributed by atoms with Crippen molar-refractivity contribution in [1.82, 2.24) is 5.32 Å². The highest BCUT2D eigenvalue weighted by Crippen LogP contribution is 2.18. The number of aromatic hydroxyl groups is 1. The average molecular weight is 221 g/mol. The van der Waals surface area contributed by atoms with Gasteiger partial charge in [0, 0.05) is 12.1 Å². The van der Waals surface area contributed by atoms with Crippen LogP contribution >= 0.6 is 0 Å². The maximum Gasteiger partial charge on any atom is 0.122 e. The van der Waals surface area contributed by atoms with Gasteiger partial charge >= 0.3 is 0 Å². The lowest BCUT2D eigenvalue weighted by atomic mass is 10.0. The Bertz CT molecular complexity index is 321. The lowest BCUT2D eigenvalue weighted by Gasteiger charge is -2.23. The molecule has 1 atom stereocenters. The van der Waals surface area contributed by atoms with Crippen molar-refractivity contribution in [2.75, 3.05) is 13.2 Å². The minimum atomic E-state index is 0.258. The van der Waals surface area contributed by atoms with E-state index >= 15 is 0 Å². The van der Waals surface area contributed by atoms with Crippen molar-refractivity contribution in [3.63, 3.8) is 0 Å². The number of hydrogen-bond donors (Lipinski definition) is 2. The largest absolute Gasteiger partial charge is 0.508 e. The number of piperidine rings is 1. The van der Waals surface area contributed by atoms with E-state index in [1.54, 1.807) is 18.2 Å². The summed E-state index contributed by atoms with van der Waals surface area (Å²) in [6.45, 7) is 1.85. The number of benzene rings is 1. The van der Waals surface area contributed by atoms with E-state index in [1.165, 1.54) is 19.3 Å². The van der Waals surface area contributed by atoms with E-state index in [9.17, 15) is 5.11 Å². The molecule has 1 aliphatic rings. The molecule has 0 aliphatic carbocycles. The molecule has 16 heavy (non-hydrogen) atoms. The van der Waals surface area contributed by atoms with Gasteiger partial charge in [-0.3, -0.25) is 0 Å². The fourth-order valence-corrected chi connectivity index (χ4v) is 2.06. The van der Waals surface area contributed by atoms with E-state index in [0.717, 1.165) is 18.7 Å². The summed E-state index contributed by atoms with van der Waals surface area (Å²) in [5, 5.41) is 12.8. The third kappa shape index (κ3) is 3.42. The first-order valence-electron chi connectivity index (χ1n) is 6.00. The van der Waals surface area contributed by atoms with Gasteiger partial charge in [0.1, 0.15) is 11.5 Å². The Morgan fingerprint density at radius 1 is 1.38 bits per heavy atom. The van der Waals surface area contributed by atoms with Crippen LogP contribution in [0.2, 0.25) is 0 Å². The van der Waals surface area contributed by atoms with Crippen LogP contribution < -0.4 is 10.1 Å². The third-order valence-corrected chi connectivity index (χ3v) is 2.97. The second-order valence-electron chi connectivity index (χ2n) is 4.28. The molecule has 3 heteroatoms. The summed E-state index contributed by atoms with van der Waals surface area (Å²) < 4.78 is 5.59. The Balaban J connectivity index is 1.71. The third-order valence-electron chi connectivity index (χ3n) is 2.97. The van der Waals surface area contributed by atoms with E-state index in [-0.39, 0.29) is 5.75 Å². The number of phenolic OH excluding ortho intramolecular Hbond substituents is 1. The SMILES string of the molecule is Oc1cccc(OCCC2CCCCN2)c1. The van der Waals surface area contributed by atoms with E-state index in [4.69, 9.17) is 4.74 Å². The lowest BCUT2D eigenvalue weighted by molar-refractivity contribution is 0.267. The quantitative estimate of drug-likeness (QED) is 0.819. The van der Waals surface area contributed by atoms with Crippen LogP contribution in [0, 0.1) is 0 Å². The van der Waals surface area contributed by atoms with E-state index in [1.807, 2.05) is 6.07 Å². The summed E-state index contributed by atoms with van der Waals surface area (Å²) in [5.41, 5.74) is 0. The van der Waals surface area contributed by atoms with E-state index < -0.39 is 0 Å². The average Bonchev–Trinajstić information content (AvgIpc) is 2.30. The van der Waals surface area contributed by atoms with Gasteiger partial charge < -0.3 is 15.2 Å². The molecule has 0 amide bonds. The van der Waals surface area contributed by atoms with Crippen molar-refractivity contribution in [2.24, 2.45) is 0 Å². The Labute approximate surface area is 96.4 Å². The van der Waals surface area contributed by atoms with Crippen molar-refractivity contribution in [2.45, 2.75) is 31.7 Å². The van der Waals surface area contributed by atoms with Gasteiger partial charge in [-0.15, -0.1) is 0 Å². The molecule has 2 N–H and O–H groups in total. The van der Waals surface area contributed by atoms with Crippen LogP contribution in [-0.4, -0.2) is 24.3 Å². The van der Waals surface area contributed by atoms with Gasteiger partial charge in [-0.2, -0.15) is 0 Å². The highest BCUT2D eigenvalue weighted by atomic mass is 16.5. The predicted octanol–water partition coefficient (Wildman–Crippen LogP) is 2.30. The zero-order chi connectivity index (χ0) is 11.2. The fraction of sp³-hybridized carbons (Fsp3) is 0.538. The molecule has 1 fully saturated rings. The minimum Gasteiger partial charge on any atom is -0.508 e. The van der Waals surface area contributed by atoms with Crippen molar-refractivity contribution >= 4 is 0 Å². The van der Waals surface area contributed by atoms with Crippen LogP contribution in [0.5, 0.6) is 11.5 Å². The van der Waals surface area contributed by atoms with Gasteiger partial charge in [0.2, 0.25) is 0 Å². The summed E-state index contributed by atoms with van der Waals surface area (Å²) in [4.78, 5) is 0. The highest BCUT2D eigenvalue weighted by Gasteiger charge is 2.11. The smallest absolute Gasteiger partial charge is 0.122 e. The summed E-state index contributed by atoms with van der Waals surface area (Å²) >= 11 is 0. The summed E-state index contributed by atoms with van der Waals surface area (Å²) in [7, 11) is 0. The summed E-state index contributed by atoms with van der Waals surface area (Å²) in [5.74, 6) is 1.00. The Kier molecular flexibility index (Phi) is 4.05. The molecular formula is C13H19NO2. The molecular weight excluding hydrogens is 202 g/mol. The minimum absolute atomic E-state index is 0.258. The first-order valence-corrected chi connectivity index (χ1v) is 6.00. The van der Waals surface area contributed by atoms with Crippen LogP contribution in [-0.2, 0) is 0 Å². The van der Waals surface area contributed by atoms with Crippen LogP contribution in [0.4, 0.5) is 0 Å². The van der Waals surface area contributed by atoms with Gasteiger partial charge in [-0.25, -0.2) is 0 Å². The van der Waals surface area contributed by atoms with E-state index in [2.05, 4.69) is 5.32 Å². The van der Waals surface area contributed by atoms with Crippen molar-refractivity contribution in [3.8, 4) is 11.5 Å². The molecule has 0 spiro atoms. The highest BCUT2D eigenvalue weighted by molar-refractivity contribution is 5.31. The number of rotatable bonds is 4. The predicted molar refractivity (Wildman–Crippen MR) is 63.9 cm³/mol. The molecule has 88 valence electrons.